The Hall–Kier alpha value is -1.42. The molecule has 1 aliphatic rings. The maximum Gasteiger partial charge on any atom is 0.347 e. The number of ether oxygens (including phenoxy) is 1. The molecule has 15 heavy (non-hydrogen) atoms. The van der Waals surface area contributed by atoms with Crippen LogP contribution in [0.2, 0.25) is 5.02 Å². The monoisotopic (exact) mass is 227 g/mol. The van der Waals surface area contributed by atoms with Gasteiger partial charge in [0.05, 0.1) is 11.7 Å². The molecule has 4 nitrogen and oxygen atoms in total. The van der Waals surface area contributed by atoms with Crippen molar-refractivity contribution in [3.8, 4) is 5.75 Å². The largest absolute Gasteiger partial charge is 0.478 e. The van der Waals surface area contributed by atoms with Crippen molar-refractivity contribution in [1.82, 2.24) is 0 Å². The van der Waals surface area contributed by atoms with Gasteiger partial charge in [-0.15, -0.1) is 0 Å². The molecule has 0 saturated heterocycles. The molecular weight excluding hydrogens is 218 g/mol. The lowest BCUT2D eigenvalue weighted by atomic mass is 10.1. The number of carboxylic acid groups (broad SMARTS) is 1. The zero-order valence-corrected chi connectivity index (χ0v) is 8.78. The van der Waals surface area contributed by atoms with Crippen LogP contribution in [0.4, 0.5) is 5.69 Å². The van der Waals surface area contributed by atoms with E-state index in [0.29, 0.717) is 10.8 Å². The van der Waals surface area contributed by atoms with E-state index in [1.807, 2.05) is 0 Å². The fourth-order valence-corrected chi connectivity index (χ4v) is 1.70. The summed E-state index contributed by atoms with van der Waals surface area (Å²) in [6.07, 6.45) is -0.879. The van der Waals surface area contributed by atoms with Crippen molar-refractivity contribution in [1.29, 1.82) is 0 Å². The number of hydrogen-bond acceptors (Lipinski definition) is 3. The van der Waals surface area contributed by atoms with Gasteiger partial charge in [-0.25, -0.2) is 4.79 Å². The van der Waals surface area contributed by atoms with Crippen molar-refractivity contribution in [3.63, 3.8) is 0 Å². The van der Waals surface area contributed by atoms with Crippen LogP contribution < -0.4 is 10.1 Å². The summed E-state index contributed by atoms with van der Waals surface area (Å²) in [7, 11) is 0. The van der Waals surface area contributed by atoms with Crippen LogP contribution in [0.1, 0.15) is 6.92 Å². The lowest BCUT2D eigenvalue weighted by Gasteiger charge is -2.30. The predicted molar refractivity (Wildman–Crippen MR) is 56.6 cm³/mol. The number of rotatable bonds is 1. The van der Waals surface area contributed by atoms with Crippen LogP contribution >= 0.6 is 11.6 Å². The standard InChI is InChI=1S/C10H10ClNO3/c1-5-9(10(13)14)15-8-4-6(11)2-3-7(8)12-5/h2-5,9,12H,1H3,(H,13,14). The lowest BCUT2D eigenvalue weighted by molar-refractivity contribution is -0.145. The molecule has 0 saturated carbocycles. The lowest BCUT2D eigenvalue weighted by Crippen LogP contribution is -2.44. The molecule has 2 N–H and O–H groups in total. The molecule has 0 bridgehead atoms. The highest BCUT2D eigenvalue weighted by Crippen LogP contribution is 2.33. The van der Waals surface area contributed by atoms with Crippen LogP contribution in [0.3, 0.4) is 0 Å². The first kappa shape index (κ1) is 10.1. The molecule has 2 atom stereocenters. The molecule has 1 aromatic carbocycles. The smallest absolute Gasteiger partial charge is 0.347 e. The van der Waals surface area contributed by atoms with E-state index in [2.05, 4.69) is 5.32 Å². The summed E-state index contributed by atoms with van der Waals surface area (Å²) < 4.78 is 5.34. The van der Waals surface area contributed by atoms with Crippen LogP contribution in [0.25, 0.3) is 0 Å². The summed E-state index contributed by atoms with van der Waals surface area (Å²) in [5, 5.41) is 12.5. The van der Waals surface area contributed by atoms with Crippen LogP contribution in [-0.2, 0) is 4.79 Å². The topological polar surface area (TPSA) is 58.6 Å². The molecule has 0 aromatic heterocycles. The van der Waals surface area contributed by atoms with Crippen LogP contribution in [0.15, 0.2) is 18.2 Å². The third-order valence-corrected chi connectivity index (χ3v) is 2.51. The van der Waals surface area contributed by atoms with Crippen LogP contribution in [0.5, 0.6) is 5.75 Å². The van der Waals surface area contributed by atoms with Gasteiger partial charge in [0.15, 0.2) is 0 Å². The Kier molecular flexibility index (Phi) is 2.44. The maximum absolute atomic E-state index is 10.9. The van der Waals surface area contributed by atoms with Crippen molar-refractivity contribution in [3.05, 3.63) is 23.2 Å². The van der Waals surface area contributed by atoms with Gasteiger partial charge in [0.1, 0.15) is 5.75 Å². The SMILES string of the molecule is CC1Nc2ccc(Cl)cc2OC1C(=O)O. The normalized spacial score (nSPS) is 23.6. The van der Waals surface area contributed by atoms with Gasteiger partial charge in [0.25, 0.3) is 0 Å². The molecule has 5 heteroatoms. The number of anilines is 1. The van der Waals surface area contributed by atoms with Gasteiger partial charge < -0.3 is 15.2 Å². The third-order valence-electron chi connectivity index (χ3n) is 2.28. The summed E-state index contributed by atoms with van der Waals surface area (Å²) in [5.41, 5.74) is 0.768. The van der Waals surface area contributed by atoms with Gasteiger partial charge in [0, 0.05) is 11.1 Å². The average Bonchev–Trinajstić information content (AvgIpc) is 2.17. The Balaban J connectivity index is 2.34. The first-order valence-electron chi connectivity index (χ1n) is 4.53. The van der Waals surface area contributed by atoms with Crippen LogP contribution in [-0.4, -0.2) is 23.2 Å². The van der Waals surface area contributed by atoms with Gasteiger partial charge in [-0.05, 0) is 19.1 Å². The quantitative estimate of drug-likeness (QED) is 0.770. The van der Waals surface area contributed by atoms with Crippen molar-refractivity contribution in [2.75, 3.05) is 5.32 Å². The highest BCUT2D eigenvalue weighted by Gasteiger charge is 2.31. The van der Waals surface area contributed by atoms with E-state index in [1.54, 1.807) is 25.1 Å². The second kappa shape index (κ2) is 3.62. The molecule has 0 radical (unpaired) electrons. The van der Waals surface area contributed by atoms with Crippen molar-refractivity contribution in [2.45, 2.75) is 19.1 Å². The zero-order valence-electron chi connectivity index (χ0n) is 8.03. The van der Waals surface area contributed by atoms with Gasteiger partial charge in [-0.1, -0.05) is 11.6 Å². The van der Waals surface area contributed by atoms with Crippen LogP contribution in [0, 0.1) is 0 Å². The number of benzene rings is 1. The summed E-state index contributed by atoms with van der Waals surface area (Å²) in [4.78, 5) is 10.9. The Morgan fingerprint density at radius 3 is 3.00 bits per heavy atom. The molecule has 80 valence electrons. The highest BCUT2D eigenvalue weighted by molar-refractivity contribution is 6.30. The van der Waals surface area contributed by atoms with Crippen molar-refractivity contribution >= 4 is 23.3 Å². The van der Waals surface area contributed by atoms with E-state index in [-0.39, 0.29) is 6.04 Å². The minimum Gasteiger partial charge on any atom is -0.478 e. The molecule has 0 amide bonds. The molecule has 1 aliphatic heterocycles. The third kappa shape index (κ3) is 1.85. The molecule has 2 rings (SSSR count). The van der Waals surface area contributed by atoms with Gasteiger partial charge in [-0.3, -0.25) is 0 Å². The fraction of sp³-hybridized carbons (Fsp3) is 0.300. The zero-order chi connectivity index (χ0) is 11.0. The second-order valence-electron chi connectivity index (χ2n) is 3.45. The van der Waals surface area contributed by atoms with Gasteiger partial charge in [-0.2, -0.15) is 0 Å². The molecule has 1 aromatic rings. The first-order chi connectivity index (χ1) is 7.08. The minimum atomic E-state index is -0.986. The number of halogens is 1. The van der Waals surface area contributed by atoms with Crippen molar-refractivity contribution in [2.24, 2.45) is 0 Å². The molecular formula is C10H10ClNO3. The number of fused-ring (bicyclic) bond motifs is 1. The van der Waals surface area contributed by atoms with E-state index < -0.39 is 12.1 Å². The Labute approximate surface area is 91.8 Å². The maximum atomic E-state index is 10.9. The van der Waals surface area contributed by atoms with E-state index in [1.165, 1.54) is 0 Å². The summed E-state index contributed by atoms with van der Waals surface area (Å²) in [6.45, 7) is 1.76. The molecule has 1 heterocycles. The molecule has 0 fully saturated rings. The fourth-order valence-electron chi connectivity index (χ4n) is 1.54. The van der Waals surface area contributed by atoms with Gasteiger partial charge in [0.2, 0.25) is 6.10 Å². The Morgan fingerprint density at radius 1 is 1.60 bits per heavy atom. The molecule has 0 aliphatic carbocycles. The predicted octanol–water partition coefficient (Wildman–Crippen LogP) is 1.99. The van der Waals surface area contributed by atoms with E-state index >= 15 is 0 Å². The number of carboxylic acids is 1. The van der Waals surface area contributed by atoms with E-state index in [0.717, 1.165) is 5.69 Å². The summed E-state index contributed by atoms with van der Waals surface area (Å²) >= 11 is 5.79. The van der Waals surface area contributed by atoms with Crippen molar-refractivity contribution < 1.29 is 14.6 Å². The summed E-state index contributed by atoms with van der Waals surface area (Å²) in [6, 6.07) is 4.83. The number of hydrogen-bond donors (Lipinski definition) is 2. The number of nitrogens with one attached hydrogen (secondary N) is 1. The summed E-state index contributed by atoms with van der Waals surface area (Å²) in [5.74, 6) is -0.506. The van der Waals surface area contributed by atoms with Gasteiger partial charge >= 0.3 is 5.97 Å². The average molecular weight is 228 g/mol. The second-order valence-corrected chi connectivity index (χ2v) is 3.89. The minimum absolute atomic E-state index is 0.267. The molecule has 2 unspecified atom stereocenters. The van der Waals surface area contributed by atoms with E-state index in [4.69, 9.17) is 21.4 Å². The molecule has 0 spiro atoms. The first-order valence-corrected chi connectivity index (χ1v) is 4.91. The number of carbonyl (C=O) groups is 1. The number of aliphatic carboxylic acids is 1. The Bertz CT molecular complexity index is 408. The van der Waals surface area contributed by atoms with E-state index in [9.17, 15) is 4.79 Å². The highest BCUT2D eigenvalue weighted by atomic mass is 35.5. The Morgan fingerprint density at radius 2 is 2.33 bits per heavy atom.